The molecule has 4 N–H and O–H groups in total. The Bertz CT molecular complexity index is 235. The van der Waals surface area contributed by atoms with E-state index < -0.39 is 0 Å². The van der Waals surface area contributed by atoms with Crippen molar-refractivity contribution < 1.29 is 0 Å². The van der Waals surface area contributed by atoms with Crippen molar-refractivity contribution in [3.63, 3.8) is 0 Å². The van der Waals surface area contributed by atoms with Gasteiger partial charge in [-0.25, -0.2) is 0 Å². The summed E-state index contributed by atoms with van der Waals surface area (Å²) in [5.74, 6) is 0. The first kappa shape index (κ1) is 8.63. The van der Waals surface area contributed by atoms with Crippen molar-refractivity contribution in [2.45, 2.75) is 37.8 Å². The summed E-state index contributed by atoms with van der Waals surface area (Å²) >= 11 is 0. The Hall–Kier alpha value is -0.960. The summed E-state index contributed by atoms with van der Waals surface area (Å²) in [6, 6.07) is 3.12. The van der Waals surface area contributed by atoms with E-state index in [1.165, 1.54) is 18.5 Å². The zero-order valence-electron chi connectivity index (χ0n) is 7.79. The van der Waals surface area contributed by atoms with Crippen molar-refractivity contribution >= 4 is 5.69 Å². The SMILES string of the molecule is NC1CCC(Nc2cc[nH]c2)CC1. The van der Waals surface area contributed by atoms with Gasteiger partial charge in [0.15, 0.2) is 0 Å². The molecule has 1 fully saturated rings. The molecule has 0 radical (unpaired) electrons. The second-order valence-electron chi connectivity index (χ2n) is 3.86. The van der Waals surface area contributed by atoms with Crippen LogP contribution in [-0.4, -0.2) is 17.1 Å². The topological polar surface area (TPSA) is 53.8 Å². The van der Waals surface area contributed by atoms with Crippen LogP contribution in [0.5, 0.6) is 0 Å². The van der Waals surface area contributed by atoms with Crippen molar-refractivity contribution in [1.29, 1.82) is 0 Å². The molecule has 1 aliphatic carbocycles. The molecule has 0 aliphatic heterocycles. The molecule has 1 saturated carbocycles. The van der Waals surface area contributed by atoms with Crippen LogP contribution in [0.2, 0.25) is 0 Å². The van der Waals surface area contributed by atoms with Crippen LogP contribution in [0.25, 0.3) is 0 Å². The highest BCUT2D eigenvalue weighted by atomic mass is 14.9. The first-order chi connectivity index (χ1) is 6.34. The average Bonchev–Trinajstić information content (AvgIpc) is 2.62. The quantitative estimate of drug-likeness (QED) is 0.647. The minimum atomic E-state index is 0.435. The molecule has 3 nitrogen and oxygen atoms in total. The number of nitrogens with one attached hydrogen (secondary N) is 2. The molecule has 0 bridgehead atoms. The van der Waals surface area contributed by atoms with E-state index in [4.69, 9.17) is 5.73 Å². The van der Waals surface area contributed by atoms with Gasteiger partial charge in [0.2, 0.25) is 0 Å². The van der Waals surface area contributed by atoms with Gasteiger partial charge in [-0.2, -0.15) is 0 Å². The van der Waals surface area contributed by atoms with Crippen molar-refractivity contribution in [2.24, 2.45) is 5.73 Å². The first-order valence-corrected chi connectivity index (χ1v) is 4.99. The molecular formula is C10H17N3. The maximum atomic E-state index is 5.84. The number of aromatic nitrogens is 1. The Balaban J connectivity index is 1.83. The molecule has 1 aliphatic rings. The van der Waals surface area contributed by atoms with Gasteiger partial charge in [0.05, 0.1) is 5.69 Å². The van der Waals surface area contributed by atoms with Gasteiger partial charge in [0.1, 0.15) is 0 Å². The van der Waals surface area contributed by atoms with Crippen LogP contribution < -0.4 is 11.1 Å². The number of nitrogens with two attached hydrogens (primary N) is 1. The Kier molecular flexibility index (Phi) is 2.54. The zero-order chi connectivity index (χ0) is 9.10. The fourth-order valence-electron chi connectivity index (χ4n) is 1.91. The number of H-pyrrole nitrogens is 1. The van der Waals surface area contributed by atoms with Gasteiger partial charge in [-0.3, -0.25) is 0 Å². The van der Waals surface area contributed by atoms with E-state index >= 15 is 0 Å². The molecule has 0 unspecified atom stereocenters. The van der Waals surface area contributed by atoms with E-state index in [2.05, 4.69) is 16.4 Å². The molecule has 2 rings (SSSR count). The van der Waals surface area contributed by atoms with Crippen molar-refractivity contribution in [3.05, 3.63) is 18.5 Å². The first-order valence-electron chi connectivity index (χ1n) is 4.99. The molecule has 13 heavy (non-hydrogen) atoms. The predicted octanol–water partition coefficient (Wildman–Crippen LogP) is 1.70. The smallest absolute Gasteiger partial charge is 0.0519 e. The Morgan fingerprint density at radius 1 is 1.31 bits per heavy atom. The lowest BCUT2D eigenvalue weighted by molar-refractivity contribution is 0.411. The van der Waals surface area contributed by atoms with E-state index in [9.17, 15) is 0 Å². The molecule has 0 aromatic carbocycles. The van der Waals surface area contributed by atoms with Gasteiger partial charge < -0.3 is 16.0 Å². The third-order valence-electron chi connectivity index (χ3n) is 2.74. The van der Waals surface area contributed by atoms with E-state index in [0.717, 1.165) is 12.8 Å². The van der Waals surface area contributed by atoms with Crippen LogP contribution in [-0.2, 0) is 0 Å². The van der Waals surface area contributed by atoms with Gasteiger partial charge in [0, 0.05) is 24.5 Å². The van der Waals surface area contributed by atoms with Gasteiger partial charge in [-0.15, -0.1) is 0 Å². The largest absolute Gasteiger partial charge is 0.381 e. The van der Waals surface area contributed by atoms with Crippen LogP contribution in [0.1, 0.15) is 25.7 Å². The van der Waals surface area contributed by atoms with Gasteiger partial charge >= 0.3 is 0 Å². The maximum Gasteiger partial charge on any atom is 0.0519 e. The normalized spacial score (nSPS) is 28.7. The highest BCUT2D eigenvalue weighted by Crippen LogP contribution is 2.20. The van der Waals surface area contributed by atoms with E-state index in [0.29, 0.717) is 12.1 Å². The summed E-state index contributed by atoms with van der Waals surface area (Å²) in [5, 5.41) is 3.49. The van der Waals surface area contributed by atoms with E-state index in [1.807, 2.05) is 12.4 Å². The lowest BCUT2D eigenvalue weighted by Gasteiger charge is -2.27. The third-order valence-corrected chi connectivity index (χ3v) is 2.74. The molecule has 0 amide bonds. The van der Waals surface area contributed by atoms with Crippen LogP contribution in [0, 0.1) is 0 Å². The number of hydrogen-bond donors (Lipinski definition) is 3. The highest BCUT2D eigenvalue weighted by molar-refractivity contribution is 5.41. The second kappa shape index (κ2) is 3.83. The van der Waals surface area contributed by atoms with Gasteiger partial charge in [0.25, 0.3) is 0 Å². The monoisotopic (exact) mass is 179 g/mol. The van der Waals surface area contributed by atoms with Crippen molar-refractivity contribution in [3.8, 4) is 0 Å². The lowest BCUT2D eigenvalue weighted by Crippen LogP contribution is -2.32. The molecular weight excluding hydrogens is 162 g/mol. The highest BCUT2D eigenvalue weighted by Gasteiger charge is 2.17. The Morgan fingerprint density at radius 2 is 2.08 bits per heavy atom. The minimum absolute atomic E-state index is 0.435. The molecule has 1 aromatic heterocycles. The summed E-state index contributed by atoms with van der Waals surface area (Å²) in [7, 11) is 0. The molecule has 1 aromatic rings. The van der Waals surface area contributed by atoms with E-state index in [1.54, 1.807) is 0 Å². The Morgan fingerprint density at radius 3 is 2.69 bits per heavy atom. The molecule has 0 atom stereocenters. The number of aromatic amines is 1. The van der Waals surface area contributed by atoms with Crippen LogP contribution in [0.3, 0.4) is 0 Å². The summed E-state index contributed by atoms with van der Waals surface area (Å²) in [6.07, 6.45) is 8.65. The van der Waals surface area contributed by atoms with Gasteiger partial charge in [-0.1, -0.05) is 0 Å². The second-order valence-corrected chi connectivity index (χ2v) is 3.86. The standard InChI is InChI=1S/C10H17N3/c11-8-1-3-9(4-2-8)13-10-5-6-12-7-10/h5-9,12-13H,1-4,11H2. The number of rotatable bonds is 2. The molecule has 3 heteroatoms. The van der Waals surface area contributed by atoms with E-state index in [-0.39, 0.29) is 0 Å². The summed E-state index contributed by atoms with van der Waals surface area (Å²) in [6.45, 7) is 0. The minimum Gasteiger partial charge on any atom is -0.381 e. The van der Waals surface area contributed by atoms with Crippen LogP contribution in [0.15, 0.2) is 18.5 Å². The fraction of sp³-hybridized carbons (Fsp3) is 0.600. The lowest BCUT2D eigenvalue weighted by atomic mass is 9.92. The van der Waals surface area contributed by atoms with Crippen molar-refractivity contribution in [1.82, 2.24) is 4.98 Å². The van der Waals surface area contributed by atoms with Gasteiger partial charge in [-0.05, 0) is 31.7 Å². The van der Waals surface area contributed by atoms with Crippen LogP contribution >= 0.6 is 0 Å². The molecule has 72 valence electrons. The van der Waals surface area contributed by atoms with Crippen molar-refractivity contribution in [2.75, 3.05) is 5.32 Å². The Labute approximate surface area is 78.7 Å². The average molecular weight is 179 g/mol. The summed E-state index contributed by atoms with van der Waals surface area (Å²) < 4.78 is 0. The maximum absolute atomic E-state index is 5.84. The number of anilines is 1. The molecule has 1 heterocycles. The molecule has 0 saturated heterocycles. The zero-order valence-corrected chi connectivity index (χ0v) is 7.79. The van der Waals surface area contributed by atoms with Crippen LogP contribution in [0.4, 0.5) is 5.69 Å². The summed E-state index contributed by atoms with van der Waals surface area (Å²) in [5.41, 5.74) is 7.03. The third kappa shape index (κ3) is 2.25. The predicted molar refractivity (Wildman–Crippen MR) is 54.6 cm³/mol. The fourth-order valence-corrected chi connectivity index (χ4v) is 1.91. The summed E-state index contributed by atoms with van der Waals surface area (Å²) in [4.78, 5) is 3.04. The number of hydrogen-bond acceptors (Lipinski definition) is 2. The molecule has 0 spiro atoms.